The minimum atomic E-state index is -0.607. The van der Waals surface area contributed by atoms with Crippen molar-refractivity contribution in [3.63, 3.8) is 0 Å². The van der Waals surface area contributed by atoms with Crippen molar-refractivity contribution in [1.29, 1.82) is 0 Å². The smallest absolute Gasteiger partial charge is 0.294 e. The Labute approximate surface area is 230 Å². The van der Waals surface area contributed by atoms with Crippen LogP contribution in [-0.2, 0) is 9.59 Å². The van der Waals surface area contributed by atoms with Gasteiger partial charge in [-0.3, -0.25) is 29.4 Å². The molecule has 2 aliphatic heterocycles. The molecule has 3 amide bonds. The van der Waals surface area contributed by atoms with Crippen molar-refractivity contribution >= 4 is 46.3 Å². The predicted octanol–water partition coefficient (Wildman–Crippen LogP) is 4.58. The summed E-state index contributed by atoms with van der Waals surface area (Å²) in [6, 6.07) is 12.3. The molecule has 1 fully saturated rings. The number of rotatable bonds is 9. The van der Waals surface area contributed by atoms with E-state index in [9.17, 15) is 24.5 Å². The average Bonchev–Trinajstić information content (AvgIpc) is 3.50. The third-order valence-electron chi connectivity index (χ3n) is 5.54. The van der Waals surface area contributed by atoms with Crippen molar-refractivity contribution in [2.75, 3.05) is 25.3 Å². The van der Waals surface area contributed by atoms with E-state index in [4.69, 9.17) is 18.9 Å². The Morgan fingerprint density at radius 1 is 1.15 bits per heavy atom. The Hall–Kier alpha value is -5.11. The van der Waals surface area contributed by atoms with Crippen LogP contribution in [0.5, 0.6) is 28.9 Å². The SMILES string of the molecule is CCOc1cc(/C=C2\SC(=O)N(CC(=O)Nc3ccc4c(c3)OCO4)C2=O)ccc1Oc1ccc([N+](=O)[O-])cn1. The molecule has 0 bridgehead atoms. The van der Waals surface area contributed by atoms with Crippen molar-refractivity contribution in [3.8, 4) is 28.9 Å². The van der Waals surface area contributed by atoms with E-state index in [1.54, 1.807) is 43.3 Å². The zero-order valence-electron chi connectivity index (χ0n) is 20.8. The second kappa shape index (κ2) is 11.3. The molecule has 0 spiro atoms. The average molecular weight is 565 g/mol. The zero-order chi connectivity index (χ0) is 28.2. The van der Waals surface area contributed by atoms with Gasteiger partial charge in [0, 0.05) is 23.9 Å². The van der Waals surface area contributed by atoms with E-state index in [-0.39, 0.29) is 23.3 Å². The molecule has 1 saturated heterocycles. The maximum Gasteiger partial charge on any atom is 0.294 e. The molecule has 0 aliphatic carbocycles. The van der Waals surface area contributed by atoms with E-state index < -0.39 is 28.5 Å². The van der Waals surface area contributed by atoms with Gasteiger partial charge in [0.05, 0.1) is 16.4 Å². The number of fused-ring (bicyclic) bond motifs is 1. The minimum Gasteiger partial charge on any atom is -0.490 e. The number of benzene rings is 2. The summed E-state index contributed by atoms with van der Waals surface area (Å²) in [7, 11) is 0. The fraction of sp³-hybridized carbons (Fsp3) is 0.154. The van der Waals surface area contributed by atoms with E-state index in [1.165, 1.54) is 18.2 Å². The van der Waals surface area contributed by atoms with Crippen LogP contribution >= 0.6 is 11.8 Å². The monoisotopic (exact) mass is 564 g/mol. The van der Waals surface area contributed by atoms with E-state index in [1.807, 2.05) is 0 Å². The van der Waals surface area contributed by atoms with Crippen LogP contribution in [0.4, 0.5) is 16.2 Å². The molecule has 14 heteroatoms. The first kappa shape index (κ1) is 26.5. The fourth-order valence-electron chi connectivity index (χ4n) is 3.73. The van der Waals surface area contributed by atoms with E-state index in [0.717, 1.165) is 11.1 Å². The van der Waals surface area contributed by atoms with Gasteiger partial charge in [-0.25, -0.2) is 4.98 Å². The van der Waals surface area contributed by atoms with Crippen LogP contribution in [0.25, 0.3) is 6.08 Å². The van der Waals surface area contributed by atoms with E-state index in [2.05, 4.69) is 10.3 Å². The molecule has 3 heterocycles. The number of nitrogens with one attached hydrogen (secondary N) is 1. The summed E-state index contributed by atoms with van der Waals surface area (Å²) in [4.78, 5) is 53.2. The molecule has 13 nitrogen and oxygen atoms in total. The van der Waals surface area contributed by atoms with Crippen LogP contribution in [0.1, 0.15) is 12.5 Å². The molecular formula is C26H20N4O9S. The summed E-state index contributed by atoms with van der Waals surface area (Å²) < 4.78 is 21.9. The first-order chi connectivity index (χ1) is 19.3. The highest BCUT2D eigenvalue weighted by Crippen LogP contribution is 2.37. The van der Waals surface area contributed by atoms with Crippen LogP contribution < -0.4 is 24.3 Å². The number of pyridine rings is 1. The molecular weight excluding hydrogens is 544 g/mol. The van der Waals surface area contributed by atoms with Gasteiger partial charge < -0.3 is 24.3 Å². The van der Waals surface area contributed by atoms with Crippen LogP contribution in [-0.4, -0.2) is 51.8 Å². The van der Waals surface area contributed by atoms with Crippen molar-refractivity contribution < 1.29 is 38.3 Å². The number of nitrogens with zero attached hydrogens (tertiary/aromatic N) is 3. The van der Waals surface area contributed by atoms with Crippen molar-refractivity contribution in [3.05, 3.63) is 75.3 Å². The maximum absolute atomic E-state index is 12.9. The lowest BCUT2D eigenvalue weighted by atomic mass is 10.2. The number of imide groups is 1. The Morgan fingerprint density at radius 2 is 1.98 bits per heavy atom. The lowest BCUT2D eigenvalue weighted by molar-refractivity contribution is -0.385. The largest absolute Gasteiger partial charge is 0.490 e. The molecule has 40 heavy (non-hydrogen) atoms. The second-order valence-corrected chi connectivity index (χ2v) is 9.23. The number of amides is 3. The first-order valence-electron chi connectivity index (χ1n) is 11.8. The molecule has 0 saturated carbocycles. The Bertz CT molecular complexity index is 1540. The second-order valence-electron chi connectivity index (χ2n) is 8.24. The van der Waals surface area contributed by atoms with Crippen molar-refractivity contribution in [2.45, 2.75) is 6.92 Å². The number of aromatic nitrogens is 1. The summed E-state index contributed by atoms with van der Waals surface area (Å²) in [5.74, 6) is 0.640. The van der Waals surface area contributed by atoms with Gasteiger partial charge >= 0.3 is 0 Å². The lowest BCUT2D eigenvalue weighted by Crippen LogP contribution is -2.36. The van der Waals surface area contributed by atoms with Crippen LogP contribution in [0.15, 0.2) is 59.6 Å². The Morgan fingerprint density at radius 3 is 2.73 bits per heavy atom. The standard InChI is InChI=1S/C26H20N4O9S/c1-2-36-20-9-15(3-6-19(20)39-24-8-5-17(12-27-24)30(34)35)10-22-25(32)29(26(33)40-22)13-23(31)28-16-4-7-18-21(11-16)38-14-37-18/h3-12H,2,13-14H2,1H3,(H,28,31)/b22-10-. The molecule has 0 radical (unpaired) electrons. The normalized spacial score (nSPS) is 14.9. The molecule has 2 aliphatic rings. The van der Waals surface area contributed by atoms with Gasteiger partial charge in [-0.2, -0.15) is 0 Å². The quantitative estimate of drug-likeness (QED) is 0.220. The van der Waals surface area contributed by atoms with Gasteiger partial charge in [-0.15, -0.1) is 0 Å². The number of anilines is 1. The van der Waals surface area contributed by atoms with Crippen molar-refractivity contribution in [2.24, 2.45) is 0 Å². The number of ether oxygens (including phenoxy) is 4. The molecule has 2 aromatic carbocycles. The van der Waals surface area contributed by atoms with Crippen LogP contribution in [0.3, 0.4) is 0 Å². The number of carbonyl (C=O) groups excluding carboxylic acids is 3. The Kier molecular flexibility index (Phi) is 7.50. The number of carbonyl (C=O) groups is 3. The van der Waals surface area contributed by atoms with Gasteiger partial charge in [-0.1, -0.05) is 6.07 Å². The highest BCUT2D eigenvalue weighted by Gasteiger charge is 2.36. The summed E-state index contributed by atoms with van der Waals surface area (Å²) >= 11 is 0.716. The molecule has 1 aromatic heterocycles. The summed E-state index contributed by atoms with van der Waals surface area (Å²) in [6.45, 7) is 1.72. The fourth-order valence-corrected chi connectivity index (χ4v) is 4.56. The van der Waals surface area contributed by atoms with Gasteiger partial charge in [0.1, 0.15) is 12.7 Å². The van der Waals surface area contributed by atoms with Gasteiger partial charge in [-0.05, 0) is 54.6 Å². The Balaban J connectivity index is 1.27. The molecule has 204 valence electrons. The molecule has 0 unspecified atom stereocenters. The van der Waals surface area contributed by atoms with Gasteiger partial charge in [0.2, 0.25) is 18.6 Å². The van der Waals surface area contributed by atoms with E-state index >= 15 is 0 Å². The van der Waals surface area contributed by atoms with Gasteiger partial charge in [0.15, 0.2) is 23.0 Å². The highest BCUT2D eigenvalue weighted by molar-refractivity contribution is 8.18. The predicted molar refractivity (Wildman–Crippen MR) is 142 cm³/mol. The first-order valence-corrected chi connectivity index (χ1v) is 12.6. The van der Waals surface area contributed by atoms with E-state index in [0.29, 0.717) is 52.6 Å². The van der Waals surface area contributed by atoms with Crippen LogP contribution in [0.2, 0.25) is 0 Å². The molecule has 3 aromatic rings. The summed E-state index contributed by atoms with van der Waals surface area (Å²) in [6.07, 6.45) is 2.59. The minimum absolute atomic E-state index is 0.0919. The summed E-state index contributed by atoms with van der Waals surface area (Å²) in [5, 5.41) is 12.9. The van der Waals surface area contributed by atoms with Gasteiger partial charge in [0.25, 0.3) is 16.8 Å². The number of hydrogen-bond acceptors (Lipinski definition) is 11. The maximum atomic E-state index is 12.9. The number of thioether (sulfide) groups is 1. The molecule has 1 N–H and O–H groups in total. The number of nitro groups is 1. The summed E-state index contributed by atoms with van der Waals surface area (Å²) in [5.41, 5.74) is 0.807. The zero-order valence-corrected chi connectivity index (χ0v) is 21.6. The third kappa shape index (κ3) is 5.81. The van der Waals surface area contributed by atoms with Crippen LogP contribution in [0, 0.1) is 10.1 Å². The lowest BCUT2D eigenvalue weighted by Gasteiger charge is -2.13. The highest BCUT2D eigenvalue weighted by atomic mass is 32.2. The molecule has 0 atom stereocenters. The van der Waals surface area contributed by atoms with Crippen molar-refractivity contribution in [1.82, 2.24) is 9.88 Å². The third-order valence-corrected chi connectivity index (χ3v) is 6.45. The topological polar surface area (TPSA) is 159 Å². The number of hydrogen-bond donors (Lipinski definition) is 1. The molecule has 5 rings (SSSR count).